The van der Waals surface area contributed by atoms with Crippen LogP contribution in [0, 0.1) is 16.7 Å². The van der Waals surface area contributed by atoms with E-state index in [0.717, 1.165) is 11.3 Å². The number of nitrogens with zero attached hydrogens (tertiary/aromatic N) is 3. The van der Waals surface area contributed by atoms with Crippen LogP contribution in [0.5, 0.6) is 0 Å². The molecule has 0 aliphatic rings. The first-order chi connectivity index (χ1) is 13.3. The molecule has 0 bridgehead atoms. The third-order valence-corrected chi connectivity index (χ3v) is 5.13. The van der Waals surface area contributed by atoms with Gasteiger partial charge in [0.15, 0.2) is 5.78 Å². The highest BCUT2D eigenvalue weighted by Crippen LogP contribution is 2.20. The Balaban J connectivity index is 2.43. The minimum Gasteiger partial charge on any atom is -0.293 e. The summed E-state index contributed by atoms with van der Waals surface area (Å²) in [4.78, 5) is 30.3. The number of rotatable bonds is 3. The van der Waals surface area contributed by atoms with Crippen LogP contribution in [0.4, 0.5) is 0 Å². The van der Waals surface area contributed by atoms with E-state index in [1.54, 1.807) is 57.3 Å². The molecule has 0 aliphatic carbocycles. The van der Waals surface area contributed by atoms with E-state index in [2.05, 4.69) is 4.98 Å². The highest BCUT2D eigenvalue weighted by Gasteiger charge is 2.27. The Morgan fingerprint density at radius 3 is 2.39 bits per heavy atom. The van der Waals surface area contributed by atoms with Crippen molar-refractivity contribution in [3.8, 4) is 11.8 Å². The number of carbonyl (C=O) groups excluding carboxylic acids is 1. The van der Waals surface area contributed by atoms with Gasteiger partial charge < -0.3 is 0 Å². The average Bonchev–Trinajstić information content (AvgIpc) is 2.99. The molecular weight excluding hydrogens is 370 g/mol. The fourth-order valence-corrected chi connectivity index (χ4v) is 3.71. The largest absolute Gasteiger partial charge is 0.293 e. The lowest BCUT2D eigenvalue weighted by Gasteiger charge is -2.15. The average molecular weight is 389 g/mol. The van der Waals surface area contributed by atoms with E-state index < -0.39 is 5.41 Å². The van der Waals surface area contributed by atoms with Crippen LogP contribution in [0.15, 0.2) is 59.5 Å². The van der Waals surface area contributed by atoms with Crippen molar-refractivity contribution in [3.05, 3.63) is 80.0 Å². The Kier molecular flexibility index (Phi) is 5.39. The van der Waals surface area contributed by atoms with Gasteiger partial charge in [0.2, 0.25) is 0 Å². The Bertz CT molecular complexity index is 1230. The van der Waals surface area contributed by atoms with Crippen LogP contribution in [0.2, 0.25) is 0 Å². The van der Waals surface area contributed by atoms with Crippen molar-refractivity contribution >= 4 is 28.8 Å². The summed E-state index contributed by atoms with van der Waals surface area (Å²) in [6.07, 6.45) is 3.32. The van der Waals surface area contributed by atoms with Gasteiger partial charge in [-0.15, -0.1) is 11.3 Å². The van der Waals surface area contributed by atoms with Gasteiger partial charge in [0.1, 0.15) is 16.3 Å². The van der Waals surface area contributed by atoms with E-state index >= 15 is 0 Å². The number of pyridine rings is 1. The highest BCUT2D eigenvalue weighted by atomic mass is 32.1. The molecule has 0 atom stereocenters. The molecule has 3 rings (SSSR count). The van der Waals surface area contributed by atoms with Gasteiger partial charge in [-0.05, 0) is 30.3 Å². The minimum absolute atomic E-state index is 0.0147. The summed E-state index contributed by atoms with van der Waals surface area (Å²) in [7, 11) is 0. The zero-order valence-electron chi connectivity index (χ0n) is 15.8. The first-order valence-corrected chi connectivity index (χ1v) is 9.54. The first-order valence-electron chi connectivity index (χ1n) is 8.72. The van der Waals surface area contributed by atoms with Crippen molar-refractivity contribution in [2.45, 2.75) is 20.8 Å². The lowest BCUT2D eigenvalue weighted by Crippen LogP contribution is -2.33. The second-order valence-corrected chi connectivity index (χ2v) is 8.24. The molecule has 0 unspecified atom stereocenters. The number of ketones is 1. The Morgan fingerprint density at radius 2 is 1.82 bits per heavy atom. The standard InChI is InChI=1S/C22H19N3O2S/c1-22(2,3)19(26)17(14-23)21-25(16-10-5-4-6-11-16)20(27)18(28-21)13-15-9-7-8-12-24-15/h4-13H,1-3H3/b18-13-,21-17-. The van der Waals surface area contributed by atoms with Gasteiger partial charge in [-0.3, -0.25) is 19.1 Å². The quantitative estimate of drug-likeness (QED) is 0.689. The molecule has 2 aromatic heterocycles. The Hall–Kier alpha value is -3.30. The second-order valence-electron chi connectivity index (χ2n) is 7.21. The Morgan fingerprint density at radius 1 is 1.14 bits per heavy atom. The molecular formula is C22H19N3O2S. The molecule has 0 N–H and O–H groups in total. The molecule has 5 nitrogen and oxygen atoms in total. The maximum Gasteiger partial charge on any atom is 0.273 e. The molecule has 0 spiro atoms. The zero-order chi connectivity index (χ0) is 20.3. The summed E-state index contributed by atoms with van der Waals surface area (Å²) in [6, 6.07) is 16.5. The molecule has 0 fully saturated rings. The predicted molar refractivity (Wildman–Crippen MR) is 110 cm³/mol. The SMILES string of the molecule is CC(C)(C)C(=O)/C(C#N)=c1\s/c(=C\c2ccccn2)c(=O)n1-c1ccccc1. The van der Waals surface area contributed by atoms with Crippen LogP contribution < -0.4 is 14.8 Å². The summed E-state index contributed by atoms with van der Waals surface area (Å²) >= 11 is 1.13. The molecule has 2 heterocycles. The maximum atomic E-state index is 13.2. The van der Waals surface area contributed by atoms with Gasteiger partial charge in [0.25, 0.3) is 5.56 Å². The molecule has 0 amide bonds. The van der Waals surface area contributed by atoms with Crippen LogP contribution in [0.25, 0.3) is 17.3 Å². The fraction of sp³-hybridized carbons (Fsp3) is 0.182. The van der Waals surface area contributed by atoms with Gasteiger partial charge in [-0.25, -0.2) is 0 Å². The topological polar surface area (TPSA) is 75.8 Å². The third-order valence-electron chi connectivity index (χ3n) is 4.04. The molecule has 28 heavy (non-hydrogen) atoms. The molecule has 0 radical (unpaired) electrons. The van der Waals surface area contributed by atoms with E-state index in [9.17, 15) is 14.9 Å². The molecule has 1 aromatic carbocycles. The van der Waals surface area contributed by atoms with E-state index in [-0.39, 0.29) is 16.9 Å². The van der Waals surface area contributed by atoms with Crippen LogP contribution in [0.3, 0.4) is 0 Å². The van der Waals surface area contributed by atoms with Gasteiger partial charge >= 0.3 is 0 Å². The molecule has 0 aliphatic heterocycles. The van der Waals surface area contributed by atoms with Crippen molar-refractivity contribution in [1.82, 2.24) is 9.55 Å². The van der Waals surface area contributed by atoms with E-state index in [0.29, 0.717) is 20.6 Å². The number of carbonyl (C=O) groups is 1. The van der Waals surface area contributed by atoms with E-state index in [1.807, 2.05) is 30.3 Å². The van der Waals surface area contributed by atoms with E-state index in [1.165, 1.54) is 4.57 Å². The number of Topliss-reactive ketones (excluding diaryl/α,β-unsaturated/α-hetero) is 1. The normalized spacial score (nSPS) is 13.1. The molecule has 3 aromatic rings. The Labute approximate surface area is 166 Å². The third kappa shape index (κ3) is 3.85. The number of hydrogen-bond acceptors (Lipinski definition) is 5. The summed E-state index contributed by atoms with van der Waals surface area (Å²) < 4.78 is 2.18. The minimum atomic E-state index is -0.739. The smallest absolute Gasteiger partial charge is 0.273 e. The van der Waals surface area contributed by atoms with Crippen molar-refractivity contribution in [3.63, 3.8) is 0 Å². The summed E-state index contributed by atoms with van der Waals surface area (Å²) in [5.41, 5.74) is 0.199. The summed E-state index contributed by atoms with van der Waals surface area (Å²) in [5, 5.41) is 9.74. The van der Waals surface area contributed by atoms with Crippen LogP contribution >= 0.6 is 11.3 Å². The maximum absolute atomic E-state index is 13.2. The number of nitriles is 1. The summed E-state index contributed by atoms with van der Waals surface area (Å²) in [5.74, 6) is -0.301. The fourth-order valence-electron chi connectivity index (χ4n) is 2.63. The van der Waals surface area contributed by atoms with Crippen LogP contribution in [-0.2, 0) is 4.79 Å². The van der Waals surface area contributed by atoms with E-state index in [4.69, 9.17) is 0 Å². The van der Waals surface area contributed by atoms with Crippen molar-refractivity contribution in [1.29, 1.82) is 5.26 Å². The predicted octanol–water partition coefficient (Wildman–Crippen LogP) is 2.41. The molecule has 6 heteroatoms. The molecule has 0 saturated carbocycles. The van der Waals surface area contributed by atoms with Gasteiger partial charge in [-0.1, -0.05) is 45.0 Å². The second kappa shape index (κ2) is 7.75. The highest BCUT2D eigenvalue weighted by molar-refractivity contribution is 7.07. The summed E-state index contributed by atoms with van der Waals surface area (Å²) in [6.45, 7) is 5.27. The van der Waals surface area contributed by atoms with Gasteiger partial charge in [-0.2, -0.15) is 5.26 Å². The lowest BCUT2D eigenvalue weighted by molar-refractivity contribution is -0.120. The molecule has 0 saturated heterocycles. The van der Waals surface area contributed by atoms with Crippen LogP contribution in [-0.4, -0.2) is 15.3 Å². The van der Waals surface area contributed by atoms with Gasteiger partial charge in [0.05, 0.1) is 15.9 Å². The number of hydrogen-bond donors (Lipinski definition) is 0. The number of benzene rings is 1. The number of thiazole rings is 1. The zero-order valence-corrected chi connectivity index (χ0v) is 16.7. The molecule has 140 valence electrons. The van der Waals surface area contributed by atoms with Crippen molar-refractivity contribution < 1.29 is 4.79 Å². The first kappa shape index (κ1) is 19.5. The number of para-hydroxylation sites is 1. The van der Waals surface area contributed by atoms with Crippen molar-refractivity contribution in [2.24, 2.45) is 5.41 Å². The van der Waals surface area contributed by atoms with Crippen LogP contribution in [0.1, 0.15) is 26.5 Å². The lowest BCUT2D eigenvalue weighted by atomic mass is 9.87. The van der Waals surface area contributed by atoms with Crippen molar-refractivity contribution in [2.75, 3.05) is 0 Å². The number of aromatic nitrogens is 2. The van der Waals surface area contributed by atoms with Gasteiger partial charge in [0, 0.05) is 11.6 Å². The monoisotopic (exact) mass is 389 g/mol.